The summed E-state index contributed by atoms with van der Waals surface area (Å²) in [6, 6.07) is 11.3. The minimum Gasteiger partial charge on any atom is -0.319 e. The van der Waals surface area contributed by atoms with E-state index in [1.165, 1.54) is 12.1 Å². The molecule has 0 fully saturated rings. The summed E-state index contributed by atoms with van der Waals surface area (Å²) in [6.45, 7) is 0. The van der Waals surface area contributed by atoms with Gasteiger partial charge in [-0.2, -0.15) is 0 Å². The fourth-order valence-electron chi connectivity index (χ4n) is 1.42. The fourth-order valence-corrected chi connectivity index (χ4v) is 2.21. The highest BCUT2D eigenvalue weighted by atomic mass is 79.9. The summed E-state index contributed by atoms with van der Waals surface area (Å²) in [6.07, 6.45) is 0. The molecule has 0 saturated carbocycles. The maximum atomic E-state index is 13.4. The van der Waals surface area contributed by atoms with E-state index in [2.05, 4.69) is 37.2 Å². The van der Waals surface area contributed by atoms with Crippen LogP contribution in [0.1, 0.15) is 10.4 Å². The Morgan fingerprint density at radius 1 is 1.11 bits per heavy atom. The van der Waals surface area contributed by atoms with Crippen LogP contribution in [0.3, 0.4) is 0 Å². The summed E-state index contributed by atoms with van der Waals surface area (Å²) in [5.41, 5.74) is 0.599. The van der Waals surface area contributed by atoms with Gasteiger partial charge in [-0.25, -0.2) is 4.39 Å². The molecule has 0 radical (unpaired) electrons. The molecule has 2 aromatic rings. The van der Waals surface area contributed by atoms with E-state index in [9.17, 15) is 9.18 Å². The standard InChI is InChI=1S/C13H8Br2FNO/c14-8-5-6-10(15)9(7-8)13(18)17-12-4-2-1-3-11(12)16/h1-7H,(H,17,18). The second kappa shape index (κ2) is 5.63. The van der Waals surface area contributed by atoms with E-state index in [-0.39, 0.29) is 11.6 Å². The Labute approximate surface area is 120 Å². The van der Waals surface area contributed by atoms with Crippen molar-refractivity contribution >= 4 is 43.5 Å². The summed E-state index contributed by atoms with van der Waals surface area (Å²) in [5.74, 6) is -0.828. The van der Waals surface area contributed by atoms with E-state index in [1.54, 1.807) is 24.3 Å². The van der Waals surface area contributed by atoms with E-state index >= 15 is 0 Å². The number of carbonyl (C=O) groups excluding carboxylic acids is 1. The molecule has 2 nitrogen and oxygen atoms in total. The molecule has 0 aromatic heterocycles. The number of hydrogen-bond acceptors (Lipinski definition) is 1. The number of carbonyl (C=O) groups is 1. The zero-order valence-corrected chi connectivity index (χ0v) is 12.3. The SMILES string of the molecule is O=C(Nc1ccccc1F)c1cc(Br)ccc1Br. The van der Waals surface area contributed by atoms with Crippen LogP contribution in [0.4, 0.5) is 10.1 Å². The predicted octanol–water partition coefficient (Wildman–Crippen LogP) is 4.60. The smallest absolute Gasteiger partial charge is 0.256 e. The largest absolute Gasteiger partial charge is 0.319 e. The highest BCUT2D eigenvalue weighted by Gasteiger charge is 2.12. The van der Waals surface area contributed by atoms with Crippen molar-refractivity contribution in [2.75, 3.05) is 5.32 Å². The van der Waals surface area contributed by atoms with Crippen molar-refractivity contribution < 1.29 is 9.18 Å². The number of rotatable bonds is 2. The highest BCUT2D eigenvalue weighted by molar-refractivity contribution is 9.11. The topological polar surface area (TPSA) is 29.1 Å². The third kappa shape index (κ3) is 2.97. The van der Waals surface area contributed by atoms with E-state index < -0.39 is 5.82 Å². The van der Waals surface area contributed by atoms with Crippen LogP contribution in [0.2, 0.25) is 0 Å². The van der Waals surface area contributed by atoms with Crippen LogP contribution in [0.25, 0.3) is 0 Å². The van der Waals surface area contributed by atoms with Crippen LogP contribution < -0.4 is 5.32 Å². The van der Waals surface area contributed by atoms with Gasteiger partial charge in [0, 0.05) is 8.95 Å². The molecule has 0 spiro atoms. The Morgan fingerprint density at radius 3 is 2.56 bits per heavy atom. The molecule has 0 saturated heterocycles. The summed E-state index contributed by atoms with van der Waals surface area (Å²) in [5, 5.41) is 2.53. The number of nitrogens with one attached hydrogen (secondary N) is 1. The fraction of sp³-hybridized carbons (Fsp3) is 0. The van der Waals surface area contributed by atoms with E-state index in [4.69, 9.17) is 0 Å². The van der Waals surface area contributed by atoms with Crippen LogP contribution in [0.15, 0.2) is 51.4 Å². The molecule has 0 atom stereocenters. The van der Waals surface area contributed by atoms with Crippen molar-refractivity contribution in [1.82, 2.24) is 0 Å². The van der Waals surface area contributed by atoms with Crippen LogP contribution in [-0.4, -0.2) is 5.91 Å². The average molecular weight is 373 g/mol. The van der Waals surface area contributed by atoms with Crippen LogP contribution in [0.5, 0.6) is 0 Å². The first kappa shape index (κ1) is 13.2. The van der Waals surface area contributed by atoms with Gasteiger partial charge in [0.1, 0.15) is 5.82 Å². The Balaban J connectivity index is 2.28. The van der Waals surface area contributed by atoms with Gasteiger partial charge in [0.25, 0.3) is 5.91 Å². The minimum atomic E-state index is -0.461. The summed E-state index contributed by atoms with van der Waals surface area (Å²) >= 11 is 6.58. The molecule has 0 unspecified atom stereocenters. The Morgan fingerprint density at radius 2 is 1.83 bits per heavy atom. The van der Waals surface area contributed by atoms with Gasteiger partial charge in [-0.1, -0.05) is 28.1 Å². The third-order valence-corrected chi connectivity index (χ3v) is 3.48. The number of para-hydroxylation sites is 1. The van der Waals surface area contributed by atoms with Crippen molar-refractivity contribution in [3.8, 4) is 0 Å². The van der Waals surface area contributed by atoms with Crippen molar-refractivity contribution in [1.29, 1.82) is 0 Å². The number of amides is 1. The molecule has 18 heavy (non-hydrogen) atoms. The lowest BCUT2D eigenvalue weighted by molar-refractivity contribution is 0.102. The first-order valence-corrected chi connectivity index (χ1v) is 6.67. The van der Waals surface area contributed by atoms with Gasteiger partial charge in [0.15, 0.2) is 0 Å². The summed E-state index contributed by atoms with van der Waals surface area (Å²) in [7, 11) is 0. The molecule has 1 amide bonds. The van der Waals surface area contributed by atoms with Crippen molar-refractivity contribution in [2.24, 2.45) is 0 Å². The lowest BCUT2D eigenvalue weighted by Gasteiger charge is -2.08. The lowest BCUT2D eigenvalue weighted by atomic mass is 10.2. The van der Waals surface area contributed by atoms with Gasteiger partial charge in [0.05, 0.1) is 11.3 Å². The lowest BCUT2D eigenvalue weighted by Crippen LogP contribution is -2.13. The maximum Gasteiger partial charge on any atom is 0.256 e. The molecule has 0 heterocycles. The molecular formula is C13H8Br2FNO. The Bertz CT molecular complexity index is 601. The van der Waals surface area contributed by atoms with Gasteiger partial charge < -0.3 is 5.32 Å². The van der Waals surface area contributed by atoms with Gasteiger partial charge in [-0.15, -0.1) is 0 Å². The molecule has 1 N–H and O–H groups in total. The molecule has 0 bridgehead atoms. The molecule has 0 aliphatic heterocycles. The van der Waals surface area contributed by atoms with Gasteiger partial charge in [-0.05, 0) is 46.3 Å². The zero-order valence-electron chi connectivity index (χ0n) is 9.08. The number of benzene rings is 2. The minimum absolute atomic E-state index is 0.161. The van der Waals surface area contributed by atoms with Gasteiger partial charge >= 0.3 is 0 Å². The van der Waals surface area contributed by atoms with E-state index in [1.807, 2.05) is 6.07 Å². The number of anilines is 1. The normalized spacial score (nSPS) is 10.2. The molecule has 2 rings (SSSR count). The van der Waals surface area contributed by atoms with Crippen LogP contribution >= 0.6 is 31.9 Å². The van der Waals surface area contributed by atoms with Crippen LogP contribution in [-0.2, 0) is 0 Å². The van der Waals surface area contributed by atoms with Crippen LogP contribution in [0, 0.1) is 5.82 Å². The molecule has 0 aliphatic rings. The van der Waals surface area contributed by atoms with Gasteiger partial charge in [-0.3, -0.25) is 4.79 Å². The number of halogens is 3. The van der Waals surface area contributed by atoms with Crippen molar-refractivity contribution in [3.63, 3.8) is 0 Å². The van der Waals surface area contributed by atoms with Crippen molar-refractivity contribution in [2.45, 2.75) is 0 Å². The quantitative estimate of drug-likeness (QED) is 0.819. The third-order valence-electron chi connectivity index (χ3n) is 2.30. The first-order chi connectivity index (χ1) is 8.58. The average Bonchev–Trinajstić information content (AvgIpc) is 2.35. The van der Waals surface area contributed by atoms with Crippen molar-refractivity contribution in [3.05, 3.63) is 62.8 Å². The second-order valence-corrected chi connectivity index (χ2v) is 5.33. The Kier molecular flexibility index (Phi) is 4.14. The molecule has 5 heteroatoms. The molecular weight excluding hydrogens is 365 g/mol. The van der Waals surface area contributed by atoms with E-state index in [0.29, 0.717) is 10.0 Å². The second-order valence-electron chi connectivity index (χ2n) is 3.56. The van der Waals surface area contributed by atoms with E-state index in [0.717, 1.165) is 4.47 Å². The Hall–Kier alpha value is -1.20. The van der Waals surface area contributed by atoms with Gasteiger partial charge in [0.2, 0.25) is 0 Å². The molecule has 0 aliphatic carbocycles. The summed E-state index contributed by atoms with van der Waals surface area (Å²) in [4.78, 5) is 12.0. The predicted molar refractivity (Wildman–Crippen MR) is 76.2 cm³/mol. The monoisotopic (exact) mass is 371 g/mol. The first-order valence-electron chi connectivity index (χ1n) is 5.09. The molecule has 92 valence electrons. The number of hydrogen-bond donors (Lipinski definition) is 1. The zero-order chi connectivity index (χ0) is 13.1. The molecule has 2 aromatic carbocycles. The highest BCUT2D eigenvalue weighted by Crippen LogP contribution is 2.23. The maximum absolute atomic E-state index is 13.4. The summed E-state index contributed by atoms with van der Waals surface area (Å²) < 4.78 is 14.8.